The summed E-state index contributed by atoms with van der Waals surface area (Å²) in [4.78, 5) is 4.86. The fourth-order valence-corrected chi connectivity index (χ4v) is 3.40. The van der Waals surface area contributed by atoms with Crippen LogP contribution in [0.1, 0.15) is 12.8 Å². The fraction of sp³-hybridized carbons (Fsp3) is 0.600. The third kappa shape index (κ3) is 3.10. The number of piperidine rings is 1. The molecule has 0 saturated carbocycles. The smallest absolute Gasteiger partial charge is 0.0642 e. The highest BCUT2D eigenvalue weighted by Gasteiger charge is 2.22. The van der Waals surface area contributed by atoms with Gasteiger partial charge < -0.3 is 20.3 Å². The van der Waals surface area contributed by atoms with Crippen LogP contribution in [0.4, 0.5) is 11.4 Å². The third-order valence-electron chi connectivity index (χ3n) is 4.09. The number of morpholine rings is 1. The molecular formula is C15H22BrN3O. The lowest BCUT2D eigenvalue weighted by Gasteiger charge is -2.37. The molecule has 1 aromatic rings. The zero-order valence-corrected chi connectivity index (χ0v) is 13.3. The molecular weight excluding hydrogens is 318 g/mol. The largest absolute Gasteiger partial charge is 0.378 e. The summed E-state index contributed by atoms with van der Waals surface area (Å²) >= 11 is 3.60. The van der Waals surface area contributed by atoms with Crippen molar-refractivity contribution in [2.24, 2.45) is 5.73 Å². The van der Waals surface area contributed by atoms with Gasteiger partial charge in [0, 0.05) is 36.7 Å². The standard InChI is InChI=1S/C15H22BrN3O/c16-12-3-4-14(19-5-1-2-13(17)11-19)15(10-12)18-6-8-20-9-7-18/h3-4,10,13H,1-2,5-9,11,17H2/t13-/m1/s1. The highest BCUT2D eigenvalue weighted by molar-refractivity contribution is 9.10. The molecule has 2 fully saturated rings. The molecule has 0 radical (unpaired) electrons. The predicted octanol–water partition coefficient (Wildman–Crippen LogP) is 2.21. The summed E-state index contributed by atoms with van der Waals surface area (Å²) in [5.41, 5.74) is 8.75. The molecule has 5 heteroatoms. The zero-order valence-electron chi connectivity index (χ0n) is 11.7. The van der Waals surface area contributed by atoms with Crippen LogP contribution in [-0.4, -0.2) is 45.4 Å². The van der Waals surface area contributed by atoms with Gasteiger partial charge >= 0.3 is 0 Å². The average Bonchev–Trinajstić information content (AvgIpc) is 2.48. The van der Waals surface area contributed by atoms with Crippen LogP contribution in [0, 0.1) is 0 Å². The van der Waals surface area contributed by atoms with E-state index in [0.29, 0.717) is 6.04 Å². The molecule has 2 aliphatic rings. The van der Waals surface area contributed by atoms with Gasteiger partial charge in [0.15, 0.2) is 0 Å². The first-order chi connectivity index (χ1) is 9.74. The van der Waals surface area contributed by atoms with E-state index >= 15 is 0 Å². The Morgan fingerprint density at radius 2 is 1.90 bits per heavy atom. The number of hydrogen-bond donors (Lipinski definition) is 1. The third-order valence-corrected chi connectivity index (χ3v) is 4.58. The van der Waals surface area contributed by atoms with Gasteiger partial charge in [-0.25, -0.2) is 0 Å². The van der Waals surface area contributed by atoms with Crippen molar-refractivity contribution < 1.29 is 4.74 Å². The zero-order chi connectivity index (χ0) is 13.9. The number of nitrogens with zero attached hydrogens (tertiary/aromatic N) is 2. The van der Waals surface area contributed by atoms with Crippen LogP contribution in [-0.2, 0) is 4.74 Å². The fourth-order valence-electron chi connectivity index (χ4n) is 3.05. The van der Waals surface area contributed by atoms with E-state index in [1.165, 1.54) is 17.8 Å². The Hall–Kier alpha value is -0.780. The number of ether oxygens (including phenoxy) is 1. The van der Waals surface area contributed by atoms with Crippen LogP contribution < -0.4 is 15.5 Å². The summed E-state index contributed by atoms with van der Waals surface area (Å²) in [6, 6.07) is 6.86. The molecule has 3 rings (SSSR count). The molecule has 2 saturated heterocycles. The van der Waals surface area contributed by atoms with Gasteiger partial charge in [0.2, 0.25) is 0 Å². The highest BCUT2D eigenvalue weighted by atomic mass is 79.9. The maximum atomic E-state index is 6.14. The minimum Gasteiger partial charge on any atom is -0.378 e. The lowest BCUT2D eigenvalue weighted by molar-refractivity contribution is 0.122. The molecule has 0 aromatic heterocycles. The normalized spacial score (nSPS) is 24.0. The Labute approximate surface area is 129 Å². The van der Waals surface area contributed by atoms with Crippen LogP contribution in [0.3, 0.4) is 0 Å². The number of halogens is 1. The first-order valence-corrected chi connectivity index (χ1v) is 8.16. The average molecular weight is 340 g/mol. The van der Waals surface area contributed by atoms with Crippen molar-refractivity contribution in [2.45, 2.75) is 18.9 Å². The molecule has 110 valence electrons. The number of anilines is 2. The minimum atomic E-state index is 0.296. The lowest BCUT2D eigenvalue weighted by atomic mass is 10.1. The summed E-state index contributed by atoms with van der Waals surface area (Å²) in [5, 5.41) is 0. The summed E-state index contributed by atoms with van der Waals surface area (Å²) in [6.45, 7) is 5.61. The van der Waals surface area contributed by atoms with E-state index in [4.69, 9.17) is 10.5 Å². The van der Waals surface area contributed by atoms with E-state index < -0.39 is 0 Å². The summed E-state index contributed by atoms with van der Waals surface area (Å²) in [6.07, 6.45) is 2.32. The summed E-state index contributed by atoms with van der Waals surface area (Å²) < 4.78 is 6.60. The van der Waals surface area contributed by atoms with Gasteiger partial charge in [-0.3, -0.25) is 0 Å². The quantitative estimate of drug-likeness (QED) is 0.896. The molecule has 0 amide bonds. The van der Waals surface area contributed by atoms with Gasteiger partial charge in [0.25, 0.3) is 0 Å². The maximum absolute atomic E-state index is 6.14. The second kappa shape index (κ2) is 6.33. The second-order valence-corrected chi connectivity index (χ2v) is 6.50. The first kappa shape index (κ1) is 14.2. The molecule has 2 heterocycles. The second-order valence-electron chi connectivity index (χ2n) is 5.58. The van der Waals surface area contributed by atoms with Crippen molar-refractivity contribution in [2.75, 3.05) is 49.2 Å². The molecule has 2 aliphatic heterocycles. The summed E-state index contributed by atoms with van der Waals surface area (Å²) in [7, 11) is 0. The number of nitrogens with two attached hydrogens (primary N) is 1. The Morgan fingerprint density at radius 1 is 1.10 bits per heavy atom. The molecule has 1 aromatic carbocycles. The van der Waals surface area contributed by atoms with Gasteiger partial charge in [-0.1, -0.05) is 15.9 Å². The van der Waals surface area contributed by atoms with E-state index in [-0.39, 0.29) is 0 Å². The Kier molecular flexibility index (Phi) is 4.48. The Morgan fingerprint density at radius 3 is 2.65 bits per heavy atom. The van der Waals surface area contributed by atoms with Crippen LogP contribution >= 0.6 is 15.9 Å². The van der Waals surface area contributed by atoms with E-state index in [9.17, 15) is 0 Å². The Balaban J connectivity index is 1.88. The van der Waals surface area contributed by atoms with Crippen molar-refractivity contribution >= 4 is 27.3 Å². The minimum absolute atomic E-state index is 0.296. The van der Waals surface area contributed by atoms with Crippen LogP contribution in [0.5, 0.6) is 0 Å². The van der Waals surface area contributed by atoms with Crippen molar-refractivity contribution in [3.63, 3.8) is 0 Å². The van der Waals surface area contributed by atoms with Gasteiger partial charge in [-0.2, -0.15) is 0 Å². The molecule has 0 unspecified atom stereocenters. The van der Waals surface area contributed by atoms with E-state index in [1.807, 2.05) is 0 Å². The number of hydrogen-bond acceptors (Lipinski definition) is 4. The topological polar surface area (TPSA) is 41.7 Å². The molecule has 0 bridgehead atoms. The molecule has 20 heavy (non-hydrogen) atoms. The van der Waals surface area contributed by atoms with E-state index in [2.05, 4.69) is 43.9 Å². The Bertz CT molecular complexity index is 462. The monoisotopic (exact) mass is 339 g/mol. The van der Waals surface area contributed by atoms with Crippen molar-refractivity contribution in [1.29, 1.82) is 0 Å². The first-order valence-electron chi connectivity index (χ1n) is 7.37. The van der Waals surface area contributed by atoms with E-state index in [0.717, 1.165) is 50.3 Å². The highest BCUT2D eigenvalue weighted by Crippen LogP contribution is 2.34. The molecule has 4 nitrogen and oxygen atoms in total. The van der Waals surface area contributed by atoms with Crippen molar-refractivity contribution in [3.05, 3.63) is 22.7 Å². The van der Waals surface area contributed by atoms with Gasteiger partial charge in [-0.05, 0) is 31.0 Å². The van der Waals surface area contributed by atoms with Crippen molar-refractivity contribution in [1.82, 2.24) is 0 Å². The summed E-state index contributed by atoms with van der Waals surface area (Å²) in [5.74, 6) is 0. The predicted molar refractivity (Wildman–Crippen MR) is 86.6 cm³/mol. The van der Waals surface area contributed by atoms with Crippen molar-refractivity contribution in [3.8, 4) is 0 Å². The van der Waals surface area contributed by atoms with Crippen LogP contribution in [0.2, 0.25) is 0 Å². The molecule has 0 spiro atoms. The number of benzene rings is 1. The van der Waals surface area contributed by atoms with Crippen LogP contribution in [0.25, 0.3) is 0 Å². The van der Waals surface area contributed by atoms with Gasteiger partial charge in [0.1, 0.15) is 0 Å². The number of rotatable bonds is 2. The van der Waals surface area contributed by atoms with Crippen LogP contribution in [0.15, 0.2) is 22.7 Å². The lowest BCUT2D eigenvalue weighted by Crippen LogP contribution is -2.44. The molecule has 0 aliphatic carbocycles. The molecule has 2 N–H and O–H groups in total. The molecule has 1 atom stereocenters. The van der Waals surface area contributed by atoms with Gasteiger partial charge in [0.05, 0.1) is 24.6 Å². The maximum Gasteiger partial charge on any atom is 0.0642 e. The van der Waals surface area contributed by atoms with Gasteiger partial charge in [-0.15, -0.1) is 0 Å². The SMILES string of the molecule is N[C@@H]1CCCN(c2ccc(Br)cc2N2CCOCC2)C1. The van der Waals surface area contributed by atoms with E-state index in [1.54, 1.807) is 0 Å².